The van der Waals surface area contributed by atoms with Crippen LogP contribution in [0.2, 0.25) is 0 Å². The molecule has 0 bridgehead atoms. The number of piperidine rings is 1. The zero-order valence-corrected chi connectivity index (χ0v) is 18.0. The highest BCUT2D eigenvalue weighted by molar-refractivity contribution is 5.93. The molecule has 4 heterocycles. The van der Waals surface area contributed by atoms with Crippen molar-refractivity contribution in [1.82, 2.24) is 24.7 Å². The summed E-state index contributed by atoms with van der Waals surface area (Å²) in [6.45, 7) is 10.4. The minimum Gasteiger partial charge on any atom is -0.396 e. The van der Waals surface area contributed by atoms with Gasteiger partial charge >= 0.3 is 0 Å². The molecule has 1 N–H and O–H groups in total. The van der Waals surface area contributed by atoms with Gasteiger partial charge in [0.1, 0.15) is 0 Å². The number of rotatable bonds is 4. The van der Waals surface area contributed by atoms with Crippen LogP contribution in [0.15, 0.2) is 10.6 Å². The quantitative estimate of drug-likeness (QED) is 0.811. The zero-order valence-electron chi connectivity index (χ0n) is 18.0. The first kappa shape index (κ1) is 20.6. The van der Waals surface area contributed by atoms with Crippen LogP contribution in [0.1, 0.15) is 42.1 Å². The van der Waals surface area contributed by atoms with E-state index in [0.29, 0.717) is 38.4 Å². The predicted octanol–water partition coefficient (Wildman–Crippen LogP) is 1.48. The first-order valence-corrected chi connectivity index (χ1v) is 10.5. The maximum atomic E-state index is 13.2. The smallest absolute Gasteiger partial charge is 0.276 e. The van der Waals surface area contributed by atoms with E-state index in [0.717, 1.165) is 23.5 Å². The number of fused-ring (bicyclic) bond motifs is 1. The second-order valence-electron chi connectivity index (χ2n) is 8.56. The van der Waals surface area contributed by atoms with Gasteiger partial charge in [-0.1, -0.05) is 5.16 Å². The minimum atomic E-state index is -0.358. The van der Waals surface area contributed by atoms with Gasteiger partial charge in [0.2, 0.25) is 5.91 Å². The largest absolute Gasteiger partial charge is 0.396 e. The van der Waals surface area contributed by atoms with Crippen LogP contribution in [0.3, 0.4) is 0 Å². The summed E-state index contributed by atoms with van der Waals surface area (Å²) >= 11 is 0. The highest BCUT2D eigenvalue weighted by atomic mass is 16.5. The van der Waals surface area contributed by atoms with Gasteiger partial charge in [-0.05, 0) is 27.2 Å². The minimum absolute atomic E-state index is 0.00580. The number of nitrogens with zero attached hydrogens (tertiary/aromatic N) is 5. The number of aliphatic hydroxyl groups excluding tert-OH is 1. The van der Waals surface area contributed by atoms with E-state index >= 15 is 0 Å². The number of aliphatic hydroxyl groups is 1. The number of amides is 2. The summed E-state index contributed by atoms with van der Waals surface area (Å²) in [7, 11) is 0. The Morgan fingerprint density at radius 2 is 2.03 bits per heavy atom. The van der Waals surface area contributed by atoms with Gasteiger partial charge in [-0.2, -0.15) is 5.10 Å². The van der Waals surface area contributed by atoms with Crippen LogP contribution in [0, 0.1) is 25.2 Å². The van der Waals surface area contributed by atoms with Crippen LogP contribution in [-0.2, 0) is 11.3 Å². The molecule has 162 valence electrons. The first-order valence-electron chi connectivity index (χ1n) is 10.5. The Morgan fingerprint density at radius 1 is 1.30 bits per heavy atom. The molecule has 9 nitrogen and oxygen atoms in total. The highest BCUT2D eigenvalue weighted by Crippen LogP contribution is 2.43. The Labute approximate surface area is 175 Å². The summed E-state index contributed by atoms with van der Waals surface area (Å²) in [5.74, 6) is 0.414. The molecular weight excluding hydrogens is 386 g/mol. The maximum Gasteiger partial charge on any atom is 0.276 e. The molecule has 30 heavy (non-hydrogen) atoms. The Balaban J connectivity index is 1.55. The Kier molecular flexibility index (Phi) is 5.17. The molecule has 0 aliphatic carbocycles. The summed E-state index contributed by atoms with van der Waals surface area (Å²) in [5.41, 5.74) is 2.57. The van der Waals surface area contributed by atoms with Crippen LogP contribution in [0.5, 0.6) is 0 Å². The van der Waals surface area contributed by atoms with Gasteiger partial charge in [0.15, 0.2) is 11.5 Å². The normalized spacial score (nSPS) is 23.7. The molecule has 0 unspecified atom stereocenters. The molecule has 2 amide bonds. The number of aryl methyl sites for hydroxylation is 2. The number of aromatic nitrogens is 3. The van der Waals surface area contributed by atoms with Crippen molar-refractivity contribution in [1.29, 1.82) is 0 Å². The summed E-state index contributed by atoms with van der Waals surface area (Å²) in [5, 5.41) is 18.6. The van der Waals surface area contributed by atoms with Crippen LogP contribution < -0.4 is 0 Å². The van der Waals surface area contributed by atoms with E-state index in [1.807, 2.05) is 25.5 Å². The second-order valence-corrected chi connectivity index (χ2v) is 8.56. The van der Waals surface area contributed by atoms with E-state index in [2.05, 4.69) is 10.3 Å². The molecule has 2 aromatic rings. The fourth-order valence-corrected chi connectivity index (χ4v) is 5.00. The average molecular weight is 415 g/mol. The standard InChI is InChI=1S/C21H29N5O4/c1-5-26-14(3)19(13(2)22-26)18-8-17(23-30-18)20(29)25-10-16-9-24(15(4)28)7-6-21(16,11-25)12-27/h8,16,27H,5-7,9-12H2,1-4H3/t16-,21+/m1/s1. The van der Waals surface area contributed by atoms with E-state index < -0.39 is 0 Å². The molecule has 2 aliphatic heterocycles. The molecule has 2 fully saturated rings. The Hall–Kier alpha value is -2.68. The van der Waals surface area contributed by atoms with Gasteiger partial charge in [0.05, 0.1) is 17.9 Å². The molecule has 0 aromatic carbocycles. The Morgan fingerprint density at radius 3 is 2.67 bits per heavy atom. The van der Waals surface area contributed by atoms with E-state index in [-0.39, 0.29) is 35.4 Å². The van der Waals surface area contributed by atoms with Crippen molar-refractivity contribution in [3.8, 4) is 11.3 Å². The van der Waals surface area contributed by atoms with Crippen LogP contribution >= 0.6 is 0 Å². The van der Waals surface area contributed by atoms with Crippen molar-refractivity contribution in [3.05, 3.63) is 23.1 Å². The molecule has 2 aliphatic rings. The second kappa shape index (κ2) is 7.54. The van der Waals surface area contributed by atoms with Crippen molar-refractivity contribution in [2.75, 3.05) is 32.8 Å². The fourth-order valence-electron chi connectivity index (χ4n) is 5.00. The van der Waals surface area contributed by atoms with Gasteiger partial charge in [-0.25, -0.2) is 0 Å². The molecule has 2 atom stereocenters. The summed E-state index contributed by atoms with van der Waals surface area (Å²) < 4.78 is 7.41. The van der Waals surface area contributed by atoms with Gasteiger partial charge in [-0.3, -0.25) is 14.3 Å². The maximum absolute atomic E-state index is 13.2. The van der Waals surface area contributed by atoms with E-state index in [1.165, 1.54) is 0 Å². The zero-order chi connectivity index (χ0) is 21.6. The van der Waals surface area contributed by atoms with E-state index in [9.17, 15) is 14.7 Å². The third-order valence-corrected chi connectivity index (χ3v) is 6.84. The third-order valence-electron chi connectivity index (χ3n) is 6.84. The van der Waals surface area contributed by atoms with Gasteiger partial charge in [0.25, 0.3) is 5.91 Å². The molecule has 9 heteroatoms. The summed E-state index contributed by atoms with van der Waals surface area (Å²) in [6.07, 6.45) is 0.691. The van der Waals surface area contributed by atoms with Crippen molar-refractivity contribution in [2.24, 2.45) is 11.3 Å². The number of likely N-dealkylation sites (tertiary alicyclic amines) is 2. The molecule has 2 aromatic heterocycles. The van der Waals surface area contributed by atoms with Gasteiger partial charge < -0.3 is 19.4 Å². The van der Waals surface area contributed by atoms with Crippen LogP contribution in [0.4, 0.5) is 0 Å². The first-order chi connectivity index (χ1) is 14.3. The SMILES string of the molecule is CCn1nc(C)c(-c2cc(C(=O)N3C[C@H]4CN(C(C)=O)CC[C@@]4(CO)C3)no2)c1C. The van der Waals surface area contributed by atoms with E-state index in [1.54, 1.807) is 22.8 Å². The van der Waals surface area contributed by atoms with E-state index in [4.69, 9.17) is 4.52 Å². The van der Waals surface area contributed by atoms with Gasteiger partial charge in [0, 0.05) is 62.7 Å². The third kappa shape index (κ3) is 3.21. The van der Waals surface area contributed by atoms with Crippen molar-refractivity contribution < 1.29 is 19.2 Å². The lowest BCUT2D eigenvalue weighted by Crippen LogP contribution is -2.50. The fraction of sp³-hybridized carbons (Fsp3) is 0.619. The monoisotopic (exact) mass is 415 g/mol. The Bertz CT molecular complexity index is 980. The number of hydrogen-bond donors (Lipinski definition) is 1. The number of carbonyl (C=O) groups excluding carboxylic acids is 2. The van der Waals surface area contributed by atoms with Crippen molar-refractivity contribution in [3.63, 3.8) is 0 Å². The highest BCUT2D eigenvalue weighted by Gasteiger charge is 2.51. The molecule has 4 rings (SSSR count). The lowest BCUT2D eigenvalue weighted by molar-refractivity contribution is -0.133. The van der Waals surface area contributed by atoms with Crippen LogP contribution in [0.25, 0.3) is 11.3 Å². The average Bonchev–Trinajstić information content (AvgIpc) is 3.42. The van der Waals surface area contributed by atoms with Crippen molar-refractivity contribution in [2.45, 2.75) is 40.7 Å². The lowest BCUT2D eigenvalue weighted by Gasteiger charge is -2.41. The summed E-state index contributed by atoms with van der Waals surface area (Å²) in [6, 6.07) is 1.68. The predicted molar refractivity (Wildman–Crippen MR) is 109 cm³/mol. The van der Waals surface area contributed by atoms with Crippen molar-refractivity contribution >= 4 is 11.8 Å². The molecule has 0 spiro atoms. The molecule has 2 saturated heterocycles. The van der Waals surface area contributed by atoms with Crippen LogP contribution in [-0.4, -0.2) is 74.4 Å². The number of hydrogen-bond acceptors (Lipinski definition) is 6. The lowest BCUT2D eigenvalue weighted by atomic mass is 9.73. The number of carbonyl (C=O) groups is 2. The van der Waals surface area contributed by atoms with Gasteiger partial charge in [-0.15, -0.1) is 0 Å². The molecule has 0 radical (unpaired) electrons. The summed E-state index contributed by atoms with van der Waals surface area (Å²) in [4.78, 5) is 28.5. The topological polar surface area (TPSA) is 105 Å². The molecular formula is C21H29N5O4. The molecule has 0 saturated carbocycles.